The molecule has 7 heteroatoms. The van der Waals surface area contributed by atoms with Crippen LogP contribution in [-0.2, 0) is 14.8 Å². The SMILES string of the molecule is CNC(=O)CCN(C)S(=O)(=O)CBr. The molecule has 0 saturated carbocycles. The molecular formula is C6H13BrN2O3S. The van der Waals surface area contributed by atoms with Crippen molar-refractivity contribution in [1.29, 1.82) is 0 Å². The number of nitrogens with one attached hydrogen (secondary N) is 1. The highest BCUT2D eigenvalue weighted by Gasteiger charge is 2.16. The van der Waals surface area contributed by atoms with Crippen LogP contribution in [0.5, 0.6) is 0 Å². The van der Waals surface area contributed by atoms with Gasteiger partial charge in [-0.1, -0.05) is 15.9 Å². The predicted octanol–water partition coefficient (Wildman–Crippen LogP) is -0.263. The van der Waals surface area contributed by atoms with E-state index in [1.807, 2.05) is 0 Å². The number of amides is 1. The second-order valence-electron chi connectivity index (χ2n) is 2.47. The van der Waals surface area contributed by atoms with E-state index in [1.165, 1.54) is 14.1 Å². The second kappa shape index (κ2) is 5.56. The van der Waals surface area contributed by atoms with Crippen LogP contribution in [0.15, 0.2) is 0 Å². The van der Waals surface area contributed by atoms with Crippen LogP contribution in [0.2, 0.25) is 0 Å². The maximum atomic E-state index is 11.1. The molecule has 13 heavy (non-hydrogen) atoms. The number of rotatable bonds is 5. The van der Waals surface area contributed by atoms with E-state index < -0.39 is 10.0 Å². The van der Waals surface area contributed by atoms with Crippen LogP contribution in [0.4, 0.5) is 0 Å². The topological polar surface area (TPSA) is 66.5 Å². The fourth-order valence-electron chi connectivity index (χ4n) is 0.606. The molecule has 0 unspecified atom stereocenters. The Morgan fingerprint density at radius 1 is 1.54 bits per heavy atom. The Bertz CT molecular complexity index is 265. The average molecular weight is 273 g/mol. The molecule has 0 aliphatic carbocycles. The zero-order valence-electron chi connectivity index (χ0n) is 7.58. The van der Waals surface area contributed by atoms with Gasteiger partial charge >= 0.3 is 0 Å². The number of nitrogens with zero attached hydrogens (tertiary/aromatic N) is 1. The Labute approximate surface area is 86.7 Å². The third-order valence-electron chi connectivity index (χ3n) is 1.55. The lowest BCUT2D eigenvalue weighted by atomic mass is 10.4. The van der Waals surface area contributed by atoms with Crippen molar-refractivity contribution >= 4 is 31.9 Å². The lowest BCUT2D eigenvalue weighted by molar-refractivity contribution is -0.120. The number of alkyl halides is 1. The van der Waals surface area contributed by atoms with Crippen LogP contribution in [0.25, 0.3) is 0 Å². The van der Waals surface area contributed by atoms with E-state index in [9.17, 15) is 13.2 Å². The molecule has 0 radical (unpaired) electrons. The summed E-state index contributed by atoms with van der Waals surface area (Å²) in [5.41, 5.74) is 0. The lowest BCUT2D eigenvalue weighted by Gasteiger charge is -2.14. The predicted molar refractivity (Wildman–Crippen MR) is 54.0 cm³/mol. The molecule has 0 aromatic rings. The van der Waals surface area contributed by atoms with Crippen LogP contribution < -0.4 is 5.32 Å². The zero-order chi connectivity index (χ0) is 10.5. The summed E-state index contributed by atoms with van der Waals surface area (Å²) in [5, 5.41) is 2.42. The maximum absolute atomic E-state index is 11.1. The molecule has 0 aromatic heterocycles. The number of sulfonamides is 1. The van der Waals surface area contributed by atoms with Gasteiger partial charge < -0.3 is 5.32 Å². The molecule has 5 nitrogen and oxygen atoms in total. The summed E-state index contributed by atoms with van der Waals surface area (Å²) < 4.78 is 23.3. The van der Waals surface area contributed by atoms with Crippen LogP contribution >= 0.6 is 15.9 Å². The van der Waals surface area contributed by atoms with Crippen LogP contribution in [-0.4, -0.2) is 43.9 Å². The number of halogens is 1. The largest absolute Gasteiger partial charge is 0.359 e. The summed E-state index contributed by atoms with van der Waals surface area (Å²) in [5.74, 6) is -0.170. The first-order valence-corrected chi connectivity index (χ1v) is 6.37. The van der Waals surface area contributed by atoms with Crippen molar-refractivity contribution in [3.8, 4) is 0 Å². The first-order chi connectivity index (χ1) is 5.94. The van der Waals surface area contributed by atoms with Gasteiger partial charge in [-0.25, -0.2) is 12.7 Å². The summed E-state index contributed by atoms with van der Waals surface area (Å²) in [6, 6.07) is 0. The summed E-state index contributed by atoms with van der Waals surface area (Å²) in [6.07, 6.45) is 0.180. The van der Waals surface area contributed by atoms with Gasteiger partial charge in [0.05, 0.1) is 0 Å². The molecule has 1 N–H and O–H groups in total. The molecule has 0 aliphatic heterocycles. The summed E-state index contributed by atoms with van der Waals surface area (Å²) in [7, 11) is -0.273. The highest BCUT2D eigenvalue weighted by molar-refractivity contribution is 9.10. The summed E-state index contributed by atoms with van der Waals surface area (Å²) in [4.78, 5) is 10.8. The Kier molecular flexibility index (Phi) is 5.50. The monoisotopic (exact) mass is 272 g/mol. The highest BCUT2D eigenvalue weighted by Crippen LogP contribution is 2.02. The van der Waals surface area contributed by atoms with Crippen molar-refractivity contribution in [2.45, 2.75) is 6.42 Å². The van der Waals surface area contributed by atoms with Gasteiger partial charge in [0.15, 0.2) is 0 Å². The number of hydrogen-bond donors (Lipinski definition) is 1. The molecule has 0 spiro atoms. The van der Waals surface area contributed by atoms with Gasteiger partial charge in [-0.15, -0.1) is 0 Å². The Hall–Kier alpha value is -0.140. The summed E-state index contributed by atoms with van der Waals surface area (Å²) in [6.45, 7) is 0.202. The minimum atomic E-state index is -3.23. The second-order valence-corrected chi connectivity index (χ2v) is 5.84. The molecule has 0 saturated heterocycles. The molecule has 0 bridgehead atoms. The van der Waals surface area contributed by atoms with Crippen molar-refractivity contribution in [3.05, 3.63) is 0 Å². The number of hydrogen-bond acceptors (Lipinski definition) is 3. The van der Waals surface area contributed by atoms with E-state index in [-0.39, 0.29) is 23.5 Å². The lowest BCUT2D eigenvalue weighted by Crippen LogP contribution is -2.31. The zero-order valence-corrected chi connectivity index (χ0v) is 9.98. The molecule has 1 amide bonds. The summed E-state index contributed by atoms with van der Waals surface area (Å²) >= 11 is 2.87. The fourth-order valence-corrected chi connectivity index (χ4v) is 2.19. The molecule has 0 aliphatic rings. The van der Waals surface area contributed by atoms with Gasteiger partial charge in [0, 0.05) is 27.1 Å². The average Bonchev–Trinajstić information content (AvgIpc) is 2.13. The molecule has 0 atom stereocenters. The van der Waals surface area contributed by atoms with Crippen molar-refractivity contribution in [3.63, 3.8) is 0 Å². The van der Waals surface area contributed by atoms with E-state index in [4.69, 9.17) is 0 Å². The fraction of sp³-hybridized carbons (Fsp3) is 0.833. The number of carbonyl (C=O) groups is 1. The normalized spacial score (nSPS) is 11.7. The molecule has 78 valence electrons. The van der Waals surface area contributed by atoms with Crippen molar-refractivity contribution in [1.82, 2.24) is 9.62 Å². The Morgan fingerprint density at radius 2 is 2.08 bits per heavy atom. The highest BCUT2D eigenvalue weighted by atomic mass is 79.9. The molecule has 0 heterocycles. The van der Waals surface area contributed by atoms with Gasteiger partial charge in [0.1, 0.15) is 4.66 Å². The Morgan fingerprint density at radius 3 is 2.46 bits per heavy atom. The van der Waals surface area contributed by atoms with Gasteiger partial charge in [-0.05, 0) is 0 Å². The molecular weight excluding hydrogens is 260 g/mol. The molecule has 0 rings (SSSR count). The van der Waals surface area contributed by atoms with Crippen LogP contribution in [0.3, 0.4) is 0 Å². The van der Waals surface area contributed by atoms with E-state index in [0.29, 0.717) is 0 Å². The standard InChI is InChI=1S/C6H13BrN2O3S/c1-8-6(10)3-4-9(2)13(11,12)5-7/h3-5H2,1-2H3,(H,8,10). The van der Waals surface area contributed by atoms with E-state index in [1.54, 1.807) is 0 Å². The minimum Gasteiger partial charge on any atom is -0.359 e. The number of carbonyl (C=O) groups excluding carboxylic acids is 1. The van der Waals surface area contributed by atoms with Crippen LogP contribution in [0.1, 0.15) is 6.42 Å². The van der Waals surface area contributed by atoms with Gasteiger partial charge in [0.2, 0.25) is 15.9 Å². The van der Waals surface area contributed by atoms with E-state index in [0.717, 1.165) is 4.31 Å². The first kappa shape index (κ1) is 12.9. The quantitative estimate of drug-likeness (QED) is 0.702. The van der Waals surface area contributed by atoms with Gasteiger partial charge in [-0.2, -0.15) is 0 Å². The molecule has 0 fully saturated rings. The third-order valence-corrected chi connectivity index (χ3v) is 4.69. The Balaban J connectivity index is 4.02. The first-order valence-electron chi connectivity index (χ1n) is 3.64. The maximum Gasteiger partial charge on any atom is 0.223 e. The van der Waals surface area contributed by atoms with Crippen molar-refractivity contribution in [2.24, 2.45) is 0 Å². The van der Waals surface area contributed by atoms with Crippen LogP contribution in [0, 0.1) is 0 Å². The van der Waals surface area contributed by atoms with E-state index >= 15 is 0 Å². The van der Waals surface area contributed by atoms with Gasteiger partial charge in [0.25, 0.3) is 0 Å². The smallest absolute Gasteiger partial charge is 0.223 e. The third kappa shape index (κ3) is 4.58. The van der Waals surface area contributed by atoms with Gasteiger partial charge in [-0.3, -0.25) is 4.79 Å². The minimum absolute atomic E-state index is 0.121. The van der Waals surface area contributed by atoms with Crippen molar-refractivity contribution in [2.75, 3.05) is 25.3 Å². The molecule has 0 aromatic carbocycles. The van der Waals surface area contributed by atoms with Crippen molar-refractivity contribution < 1.29 is 13.2 Å². The van der Waals surface area contributed by atoms with E-state index in [2.05, 4.69) is 21.2 Å².